The minimum absolute atomic E-state index is 0.00486. The summed E-state index contributed by atoms with van der Waals surface area (Å²) in [6.07, 6.45) is 1.95. The van der Waals surface area contributed by atoms with Crippen LogP contribution in [0.5, 0.6) is 0 Å². The molecule has 0 radical (unpaired) electrons. The Morgan fingerprint density at radius 2 is 2.08 bits per heavy atom. The van der Waals surface area contributed by atoms with Gasteiger partial charge in [-0.3, -0.25) is 9.59 Å². The molecule has 8 heteroatoms. The summed E-state index contributed by atoms with van der Waals surface area (Å²) in [4.78, 5) is 30.2. The molecule has 2 aromatic carbocycles. The molecule has 0 aliphatic heterocycles. The molecule has 134 valence electrons. The Bertz CT molecular complexity index is 1060. The van der Waals surface area contributed by atoms with Crippen molar-refractivity contribution in [3.05, 3.63) is 57.3 Å². The van der Waals surface area contributed by atoms with Crippen LogP contribution >= 0.6 is 39.0 Å². The van der Waals surface area contributed by atoms with Gasteiger partial charge in [0.05, 0.1) is 17.3 Å². The van der Waals surface area contributed by atoms with Gasteiger partial charge in [0.2, 0.25) is 0 Å². The van der Waals surface area contributed by atoms with E-state index in [2.05, 4.69) is 20.9 Å². The van der Waals surface area contributed by atoms with Gasteiger partial charge in [0, 0.05) is 14.9 Å². The van der Waals surface area contributed by atoms with Crippen LogP contribution in [0.1, 0.15) is 10.4 Å². The number of esters is 1. The quantitative estimate of drug-likeness (QED) is 0.443. The van der Waals surface area contributed by atoms with E-state index in [1.807, 2.05) is 42.7 Å². The summed E-state index contributed by atoms with van der Waals surface area (Å²) in [7, 11) is 1.34. The molecule has 0 spiro atoms. The lowest BCUT2D eigenvalue weighted by Gasteiger charge is -2.04. The van der Waals surface area contributed by atoms with E-state index in [1.54, 1.807) is 22.4 Å². The second kappa shape index (κ2) is 8.20. The average molecular weight is 451 g/mol. The van der Waals surface area contributed by atoms with Crippen molar-refractivity contribution in [3.63, 3.8) is 0 Å². The number of amides is 1. The largest absolute Gasteiger partial charge is 0.468 e. The first-order chi connectivity index (χ1) is 12.5. The molecule has 0 unspecified atom stereocenters. The van der Waals surface area contributed by atoms with Gasteiger partial charge < -0.3 is 9.30 Å². The number of carbonyl (C=O) groups is 2. The fraction of sp³-hybridized carbons (Fsp3) is 0.167. The molecular weight excluding hydrogens is 436 g/mol. The third kappa shape index (κ3) is 4.08. The summed E-state index contributed by atoms with van der Waals surface area (Å²) >= 11 is 6.36. The highest BCUT2D eigenvalue weighted by Crippen LogP contribution is 2.22. The minimum Gasteiger partial charge on any atom is -0.468 e. The first-order valence-corrected chi connectivity index (χ1v) is 10.4. The van der Waals surface area contributed by atoms with Crippen LogP contribution in [0.3, 0.4) is 0 Å². The number of hydrogen-bond acceptors (Lipinski definition) is 5. The topological polar surface area (TPSA) is 60.7 Å². The number of fused-ring (bicyclic) bond motifs is 1. The van der Waals surface area contributed by atoms with Crippen LogP contribution in [-0.2, 0) is 16.1 Å². The highest BCUT2D eigenvalue weighted by atomic mass is 79.9. The van der Waals surface area contributed by atoms with Crippen molar-refractivity contribution in [3.8, 4) is 0 Å². The van der Waals surface area contributed by atoms with Gasteiger partial charge in [-0.2, -0.15) is 4.99 Å². The van der Waals surface area contributed by atoms with Crippen LogP contribution in [-0.4, -0.2) is 29.8 Å². The maximum Gasteiger partial charge on any atom is 0.325 e. The average Bonchev–Trinajstić information content (AvgIpc) is 2.97. The number of carbonyl (C=O) groups excluding carboxylic acids is 2. The summed E-state index contributed by atoms with van der Waals surface area (Å²) in [5.74, 6) is -0.740. The van der Waals surface area contributed by atoms with Crippen LogP contribution in [0, 0.1) is 0 Å². The summed E-state index contributed by atoms with van der Waals surface area (Å²) in [5, 5.41) is 0. The number of halogens is 1. The third-order valence-corrected chi connectivity index (χ3v) is 5.93. The molecule has 0 saturated heterocycles. The van der Waals surface area contributed by atoms with Crippen molar-refractivity contribution in [2.45, 2.75) is 11.4 Å². The predicted molar refractivity (Wildman–Crippen MR) is 108 cm³/mol. The van der Waals surface area contributed by atoms with E-state index in [0.29, 0.717) is 10.4 Å². The zero-order valence-electron chi connectivity index (χ0n) is 14.1. The second-order valence-corrected chi connectivity index (χ2v) is 8.11. The number of thioether (sulfide) groups is 1. The van der Waals surface area contributed by atoms with E-state index >= 15 is 0 Å². The first-order valence-electron chi connectivity index (χ1n) is 7.60. The molecule has 3 aromatic rings. The molecule has 0 fully saturated rings. The molecule has 3 rings (SSSR count). The Labute approximate surface area is 166 Å². The van der Waals surface area contributed by atoms with E-state index in [9.17, 15) is 9.59 Å². The molecule has 0 atom stereocenters. The molecule has 0 aliphatic carbocycles. The van der Waals surface area contributed by atoms with E-state index in [0.717, 1.165) is 19.6 Å². The Balaban J connectivity index is 2.12. The highest BCUT2D eigenvalue weighted by Gasteiger charge is 2.13. The molecule has 26 heavy (non-hydrogen) atoms. The molecule has 5 nitrogen and oxygen atoms in total. The zero-order valence-corrected chi connectivity index (χ0v) is 17.3. The molecule has 1 aromatic heterocycles. The standard InChI is InChI=1S/C18H15BrN2O3S2/c1-24-16(22)10-21-14-7-6-12(19)9-15(14)26-18(21)20-17(23)11-4-3-5-13(8-11)25-2/h3-9H,10H2,1-2H3. The molecule has 1 heterocycles. The first kappa shape index (κ1) is 18.9. The molecule has 1 amide bonds. The van der Waals surface area contributed by atoms with E-state index in [1.165, 1.54) is 18.4 Å². The van der Waals surface area contributed by atoms with Crippen LogP contribution in [0.15, 0.2) is 56.8 Å². The van der Waals surface area contributed by atoms with Gasteiger partial charge in [0.1, 0.15) is 6.54 Å². The number of ether oxygens (including phenoxy) is 1. The summed E-state index contributed by atoms with van der Waals surface area (Å²) < 4.78 is 8.32. The van der Waals surface area contributed by atoms with Crippen molar-refractivity contribution in [2.75, 3.05) is 13.4 Å². The number of hydrogen-bond donors (Lipinski definition) is 0. The van der Waals surface area contributed by atoms with E-state index in [-0.39, 0.29) is 12.5 Å². The van der Waals surface area contributed by atoms with Crippen LogP contribution < -0.4 is 4.80 Å². The Hall–Kier alpha value is -1.90. The molecule has 0 saturated carbocycles. The predicted octanol–water partition coefficient (Wildman–Crippen LogP) is 4.10. The summed E-state index contributed by atoms with van der Waals surface area (Å²) in [5.41, 5.74) is 1.34. The van der Waals surface area contributed by atoms with Gasteiger partial charge >= 0.3 is 5.97 Å². The highest BCUT2D eigenvalue weighted by molar-refractivity contribution is 9.10. The SMILES string of the molecule is COC(=O)Cn1c(=NC(=O)c2cccc(SC)c2)sc2cc(Br)ccc21. The summed E-state index contributed by atoms with van der Waals surface area (Å²) in [6.45, 7) is -0.00486. The van der Waals surface area contributed by atoms with Crippen molar-refractivity contribution in [1.29, 1.82) is 0 Å². The number of rotatable bonds is 4. The van der Waals surface area contributed by atoms with Gasteiger partial charge in [-0.1, -0.05) is 33.3 Å². The number of nitrogens with zero attached hydrogens (tertiary/aromatic N) is 2. The lowest BCUT2D eigenvalue weighted by atomic mass is 10.2. The van der Waals surface area contributed by atoms with Gasteiger partial charge in [-0.25, -0.2) is 0 Å². The maximum atomic E-state index is 12.6. The van der Waals surface area contributed by atoms with Crippen LogP contribution in [0.4, 0.5) is 0 Å². The normalized spacial score (nSPS) is 11.7. The molecular formula is C18H15BrN2O3S2. The lowest BCUT2D eigenvalue weighted by molar-refractivity contribution is -0.141. The fourth-order valence-corrected chi connectivity index (χ4v) is 4.43. The van der Waals surface area contributed by atoms with Crippen molar-refractivity contribution in [2.24, 2.45) is 4.99 Å². The monoisotopic (exact) mass is 450 g/mol. The van der Waals surface area contributed by atoms with Gasteiger partial charge in [0.15, 0.2) is 4.80 Å². The number of methoxy groups -OCH3 is 1. The number of thiazole rings is 1. The summed E-state index contributed by atoms with van der Waals surface area (Å²) in [6, 6.07) is 13.0. The zero-order chi connectivity index (χ0) is 18.7. The van der Waals surface area contributed by atoms with Gasteiger partial charge in [-0.15, -0.1) is 11.8 Å². The molecule has 0 aliphatic rings. The van der Waals surface area contributed by atoms with Crippen molar-refractivity contribution in [1.82, 2.24) is 4.57 Å². The second-order valence-electron chi connectivity index (χ2n) is 5.31. The van der Waals surface area contributed by atoms with Crippen molar-refractivity contribution < 1.29 is 14.3 Å². The number of benzene rings is 2. The fourth-order valence-electron chi connectivity index (χ4n) is 2.39. The maximum absolute atomic E-state index is 12.6. The lowest BCUT2D eigenvalue weighted by Crippen LogP contribution is -2.22. The van der Waals surface area contributed by atoms with Crippen molar-refractivity contribution >= 4 is 61.1 Å². The Morgan fingerprint density at radius 1 is 1.27 bits per heavy atom. The van der Waals surface area contributed by atoms with Gasteiger partial charge in [0.25, 0.3) is 5.91 Å². The molecule has 0 bridgehead atoms. The van der Waals surface area contributed by atoms with E-state index < -0.39 is 5.97 Å². The van der Waals surface area contributed by atoms with Crippen LogP contribution in [0.2, 0.25) is 0 Å². The molecule has 0 N–H and O–H groups in total. The Kier molecular flexibility index (Phi) is 5.95. The van der Waals surface area contributed by atoms with E-state index in [4.69, 9.17) is 4.74 Å². The smallest absolute Gasteiger partial charge is 0.325 e. The Morgan fingerprint density at radius 3 is 2.81 bits per heavy atom. The third-order valence-electron chi connectivity index (χ3n) is 3.67. The van der Waals surface area contributed by atoms with Gasteiger partial charge in [-0.05, 0) is 42.7 Å². The minimum atomic E-state index is -0.397. The van der Waals surface area contributed by atoms with Crippen LogP contribution in [0.25, 0.3) is 10.2 Å². The number of aromatic nitrogens is 1.